The molecule has 2 aromatic rings. The summed E-state index contributed by atoms with van der Waals surface area (Å²) in [6, 6.07) is 4.59. The molecule has 0 spiro atoms. The van der Waals surface area contributed by atoms with E-state index in [1.54, 1.807) is 23.8 Å². The SMILES string of the molecule is CC(=O)NC[C@H]1CN(c2ccc(-c3cncs3)c(F)c2)C(=O)O1. The Morgan fingerprint density at radius 1 is 1.57 bits per heavy atom. The third kappa shape index (κ3) is 3.31. The maximum absolute atomic E-state index is 14.3. The Balaban J connectivity index is 1.76. The largest absolute Gasteiger partial charge is 0.442 e. The van der Waals surface area contributed by atoms with Crippen LogP contribution in [-0.4, -0.2) is 36.2 Å². The summed E-state index contributed by atoms with van der Waals surface area (Å²) in [5, 5.41) is 2.60. The maximum atomic E-state index is 14.3. The van der Waals surface area contributed by atoms with Crippen LogP contribution in [-0.2, 0) is 9.53 Å². The highest BCUT2D eigenvalue weighted by Crippen LogP contribution is 2.30. The number of cyclic esters (lactones) is 1. The first-order chi connectivity index (χ1) is 11.0. The van der Waals surface area contributed by atoms with Crippen molar-refractivity contribution in [2.45, 2.75) is 13.0 Å². The van der Waals surface area contributed by atoms with E-state index in [-0.39, 0.29) is 19.0 Å². The van der Waals surface area contributed by atoms with Crippen molar-refractivity contribution in [2.75, 3.05) is 18.0 Å². The van der Waals surface area contributed by atoms with Gasteiger partial charge in [-0.1, -0.05) is 0 Å². The van der Waals surface area contributed by atoms with E-state index in [9.17, 15) is 14.0 Å². The molecule has 1 atom stereocenters. The van der Waals surface area contributed by atoms with Gasteiger partial charge in [0, 0.05) is 18.7 Å². The Morgan fingerprint density at radius 3 is 3.04 bits per heavy atom. The second-order valence-electron chi connectivity index (χ2n) is 5.08. The van der Waals surface area contributed by atoms with Gasteiger partial charge in [0.1, 0.15) is 11.9 Å². The predicted octanol–water partition coefficient (Wildman–Crippen LogP) is 2.41. The molecule has 0 saturated carbocycles. The zero-order valence-corrected chi connectivity index (χ0v) is 13.1. The summed E-state index contributed by atoms with van der Waals surface area (Å²) in [5.74, 6) is -0.621. The lowest BCUT2D eigenvalue weighted by Crippen LogP contribution is -2.33. The lowest BCUT2D eigenvalue weighted by Gasteiger charge is -2.14. The van der Waals surface area contributed by atoms with Crippen molar-refractivity contribution in [3.8, 4) is 10.4 Å². The number of anilines is 1. The molecule has 1 aliphatic rings. The fourth-order valence-corrected chi connectivity index (χ4v) is 2.97. The summed E-state index contributed by atoms with van der Waals surface area (Å²) in [5.41, 5.74) is 2.50. The summed E-state index contributed by atoms with van der Waals surface area (Å²) >= 11 is 1.34. The van der Waals surface area contributed by atoms with Crippen molar-refractivity contribution >= 4 is 29.0 Å². The number of hydrogen-bond donors (Lipinski definition) is 1. The number of benzene rings is 1. The Hall–Kier alpha value is -2.48. The first kappa shape index (κ1) is 15.4. The number of hydrogen-bond acceptors (Lipinski definition) is 5. The van der Waals surface area contributed by atoms with Crippen LogP contribution in [0.5, 0.6) is 0 Å². The molecule has 3 rings (SSSR count). The molecule has 0 aliphatic carbocycles. The van der Waals surface area contributed by atoms with Gasteiger partial charge in [-0.3, -0.25) is 14.7 Å². The van der Waals surface area contributed by atoms with Gasteiger partial charge in [-0.2, -0.15) is 0 Å². The smallest absolute Gasteiger partial charge is 0.414 e. The molecule has 1 aliphatic heterocycles. The van der Waals surface area contributed by atoms with Gasteiger partial charge in [-0.15, -0.1) is 11.3 Å². The van der Waals surface area contributed by atoms with Crippen molar-refractivity contribution < 1.29 is 18.7 Å². The number of ether oxygens (including phenoxy) is 1. The van der Waals surface area contributed by atoms with E-state index in [4.69, 9.17) is 4.74 Å². The molecule has 1 saturated heterocycles. The highest BCUT2D eigenvalue weighted by molar-refractivity contribution is 7.13. The zero-order valence-electron chi connectivity index (χ0n) is 12.3. The third-order valence-electron chi connectivity index (χ3n) is 3.41. The highest BCUT2D eigenvalue weighted by atomic mass is 32.1. The second-order valence-corrected chi connectivity index (χ2v) is 5.97. The number of carbonyl (C=O) groups excluding carboxylic acids is 2. The average Bonchev–Trinajstić information content (AvgIpc) is 3.14. The monoisotopic (exact) mass is 335 g/mol. The van der Waals surface area contributed by atoms with Gasteiger partial charge in [0.2, 0.25) is 5.91 Å². The van der Waals surface area contributed by atoms with E-state index >= 15 is 0 Å². The molecule has 1 N–H and O–H groups in total. The van der Waals surface area contributed by atoms with E-state index in [1.807, 2.05) is 0 Å². The van der Waals surface area contributed by atoms with Crippen LogP contribution in [0.2, 0.25) is 0 Å². The molecule has 120 valence electrons. The standard InChI is InChI=1S/C15H14FN3O3S/c1-9(20)18-5-11-7-19(15(21)22-11)10-2-3-12(13(16)4-10)14-6-17-8-23-14/h2-4,6,8,11H,5,7H2,1H3,(H,18,20)/t11-/m0/s1. The molecule has 8 heteroatoms. The van der Waals surface area contributed by atoms with Crippen LogP contribution in [0.1, 0.15) is 6.92 Å². The first-order valence-corrected chi connectivity index (χ1v) is 7.83. The number of nitrogens with one attached hydrogen (secondary N) is 1. The molecule has 1 fully saturated rings. The molecular weight excluding hydrogens is 321 g/mol. The van der Waals surface area contributed by atoms with Gasteiger partial charge in [-0.05, 0) is 18.2 Å². The first-order valence-electron chi connectivity index (χ1n) is 6.95. The fourth-order valence-electron chi connectivity index (χ4n) is 2.32. The van der Waals surface area contributed by atoms with E-state index in [2.05, 4.69) is 10.3 Å². The Labute approximate surface area is 135 Å². The van der Waals surface area contributed by atoms with Crippen LogP contribution in [0.25, 0.3) is 10.4 Å². The van der Waals surface area contributed by atoms with E-state index in [0.29, 0.717) is 11.3 Å². The molecule has 23 heavy (non-hydrogen) atoms. The number of rotatable bonds is 4. The zero-order chi connectivity index (χ0) is 16.4. The van der Waals surface area contributed by atoms with Gasteiger partial charge in [0.05, 0.1) is 29.2 Å². The fraction of sp³-hybridized carbons (Fsp3) is 0.267. The quantitative estimate of drug-likeness (QED) is 0.931. The molecule has 2 amide bonds. The summed E-state index contributed by atoms with van der Waals surface area (Å²) in [6.45, 7) is 1.89. The van der Waals surface area contributed by atoms with Gasteiger partial charge >= 0.3 is 6.09 Å². The van der Waals surface area contributed by atoms with Gasteiger partial charge < -0.3 is 10.1 Å². The number of amides is 2. The van der Waals surface area contributed by atoms with E-state index in [1.165, 1.54) is 29.2 Å². The average molecular weight is 335 g/mol. The Morgan fingerprint density at radius 2 is 2.39 bits per heavy atom. The molecule has 0 radical (unpaired) electrons. The second kappa shape index (κ2) is 6.33. The summed E-state index contributed by atoms with van der Waals surface area (Å²) in [4.78, 5) is 28.8. The Bertz CT molecular complexity index is 736. The molecule has 1 aromatic carbocycles. The normalized spacial score (nSPS) is 17.2. The van der Waals surface area contributed by atoms with E-state index < -0.39 is 18.0 Å². The molecule has 2 heterocycles. The highest BCUT2D eigenvalue weighted by Gasteiger charge is 2.32. The molecule has 0 bridgehead atoms. The minimum atomic E-state index is -0.551. The third-order valence-corrected chi connectivity index (χ3v) is 4.22. The molecule has 0 unspecified atom stereocenters. The van der Waals surface area contributed by atoms with Crippen LogP contribution in [0.3, 0.4) is 0 Å². The molecular formula is C15H14FN3O3S. The molecule has 6 nitrogen and oxygen atoms in total. The summed E-state index contributed by atoms with van der Waals surface area (Å²) < 4.78 is 19.5. The van der Waals surface area contributed by atoms with Crippen LogP contribution in [0.4, 0.5) is 14.9 Å². The Kier molecular flexibility index (Phi) is 4.24. The van der Waals surface area contributed by atoms with Crippen LogP contribution < -0.4 is 10.2 Å². The predicted molar refractivity (Wildman–Crippen MR) is 83.8 cm³/mol. The van der Waals surface area contributed by atoms with Crippen LogP contribution in [0.15, 0.2) is 29.9 Å². The topological polar surface area (TPSA) is 71.5 Å². The van der Waals surface area contributed by atoms with E-state index in [0.717, 1.165) is 4.88 Å². The number of halogens is 1. The summed E-state index contributed by atoms with van der Waals surface area (Å²) in [7, 11) is 0. The van der Waals surface area contributed by atoms with Gasteiger partial charge in [0.15, 0.2) is 0 Å². The minimum absolute atomic E-state index is 0.195. The number of nitrogens with zero attached hydrogens (tertiary/aromatic N) is 2. The lowest BCUT2D eigenvalue weighted by atomic mass is 10.1. The van der Waals surface area contributed by atoms with Gasteiger partial charge in [-0.25, -0.2) is 9.18 Å². The lowest BCUT2D eigenvalue weighted by molar-refractivity contribution is -0.119. The number of aromatic nitrogens is 1. The van der Waals surface area contributed by atoms with Crippen molar-refractivity contribution in [3.63, 3.8) is 0 Å². The number of thiazole rings is 1. The van der Waals surface area contributed by atoms with Crippen molar-refractivity contribution in [1.29, 1.82) is 0 Å². The van der Waals surface area contributed by atoms with Crippen molar-refractivity contribution in [1.82, 2.24) is 10.3 Å². The van der Waals surface area contributed by atoms with Crippen LogP contribution >= 0.6 is 11.3 Å². The van der Waals surface area contributed by atoms with Crippen molar-refractivity contribution in [3.05, 3.63) is 35.7 Å². The number of carbonyl (C=O) groups is 2. The van der Waals surface area contributed by atoms with Crippen LogP contribution in [0, 0.1) is 5.82 Å². The van der Waals surface area contributed by atoms with Crippen molar-refractivity contribution in [2.24, 2.45) is 0 Å². The summed E-state index contributed by atoms with van der Waals surface area (Å²) in [6.07, 6.45) is 0.594. The van der Waals surface area contributed by atoms with Gasteiger partial charge in [0.25, 0.3) is 0 Å². The maximum Gasteiger partial charge on any atom is 0.414 e. The molecule has 1 aromatic heterocycles. The minimum Gasteiger partial charge on any atom is -0.442 e.